The minimum Gasteiger partial charge on any atom is -0.504 e. The Kier molecular flexibility index (Phi) is 3.70. The number of nitrogens with one attached hydrogen (secondary N) is 1. The predicted molar refractivity (Wildman–Crippen MR) is 74.2 cm³/mol. The number of para-hydroxylation sites is 2. The van der Waals surface area contributed by atoms with E-state index in [9.17, 15) is 19.8 Å². The third-order valence-electron chi connectivity index (χ3n) is 2.81. The van der Waals surface area contributed by atoms with Crippen molar-refractivity contribution in [2.45, 2.75) is 6.92 Å². The zero-order chi connectivity index (χ0) is 14.7. The maximum absolute atomic E-state index is 12.1. The van der Waals surface area contributed by atoms with Crippen LogP contribution in [0.25, 0.3) is 0 Å². The summed E-state index contributed by atoms with van der Waals surface area (Å²) in [5.74, 6) is -1.66. The molecule has 2 rings (SSSR count). The van der Waals surface area contributed by atoms with Gasteiger partial charge in [0, 0.05) is 5.56 Å². The Morgan fingerprint density at radius 1 is 0.950 bits per heavy atom. The summed E-state index contributed by atoms with van der Waals surface area (Å²) in [6.07, 6.45) is 0. The van der Waals surface area contributed by atoms with E-state index in [0.717, 1.165) is 0 Å². The summed E-state index contributed by atoms with van der Waals surface area (Å²) in [5.41, 5.74) is 0.664. The van der Waals surface area contributed by atoms with Crippen LogP contribution in [0, 0.1) is 0 Å². The van der Waals surface area contributed by atoms with Crippen LogP contribution in [0.5, 0.6) is 11.5 Å². The Hall–Kier alpha value is -2.82. The van der Waals surface area contributed by atoms with E-state index in [1.165, 1.54) is 25.1 Å². The van der Waals surface area contributed by atoms with Crippen LogP contribution in [-0.2, 0) is 0 Å². The largest absolute Gasteiger partial charge is 0.504 e. The van der Waals surface area contributed by atoms with Crippen LogP contribution >= 0.6 is 0 Å². The predicted octanol–water partition coefficient (Wildman–Crippen LogP) is 2.55. The van der Waals surface area contributed by atoms with Gasteiger partial charge in [-0.3, -0.25) is 9.59 Å². The maximum Gasteiger partial charge on any atom is 0.259 e. The first-order valence-corrected chi connectivity index (χ1v) is 5.93. The molecular weight excluding hydrogens is 258 g/mol. The number of anilines is 1. The van der Waals surface area contributed by atoms with Crippen LogP contribution in [0.3, 0.4) is 0 Å². The fourth-order valence-corrected chi connectivity index (χ4v) is 1.80. The molecule has 0 radical (unpaired) electrons. The second-order valence-electron chi connectivity index (χ2n) is 4.23. The van der Waals surface area contributed by atoms with E-state index in [0.29, 0.717) is 11.3 Å². The van der Waals surface area contributed by atoms with Gasteiger partial charge in [-0.2, -0.15) is 0 Å². The lowest BCUT2D eigenvalue weighted by atomic mass is 10.1. The SMILES string of the molecule is CC(=O)c1ccccc1NC(=O)c1cccc(O)c1O. The van der Waals surface area contributed by atoms with Gasteiger partial charge in [-0.05, 0) is 31.2 Å². The number of carbonyl (C=O) groups is 2. The van der Waals surface area contributed by atoms with E-state index in [1.807, 2.05) is 0 Å². The monoisotopic (exact) mass is 271 g/mol. The summed E-state index contributed by atoms with van der Waals surface area (Å²) in [4.78, 5) is 23.5. The molecule has 0 unspecified atom stereocenters. The van der Waals surface area contributed by atoms with Crippen molar-refractivity contribution in [1.29, 1.82) is 0 Å². The number of Topliss-reactive ketones (excluding diaryl/α,β-unsaturated/α-hetero) is 1. The average Bonchev–Trinajstić information content (AvgIpc) is 2.42. The number of hydrogen-bond donors (Lipinski definition) is 3. The smallest absolute Gasteiger partial charge is 0.259 e. The molecule has 2 aromatic rings. The van der Waals surface area contributed by atoms with Crippen molar-refractivity contribution in [2.75, 3.05) is 5.32 Å². The molecule has 5 heteroatoms. The van der Waals surface area contributed by atoms with Gasteiger partial charge >= 0.3 is 0 Å². The van der Waals surface area contributed by atoms with Gasteiger partial charge in [0.1, 0.15) is 0 Å². The molecule has 102 valence electrons. The number of ketones is 1. The molecule has 20 heavy (non-hydrogen) atoms. The first kappa shape index (κ1) is 13.6. The summed E-state index contributed by atoms with van der Waals surface area (Å²) in [5, 5.41) is 21.6. The lowest BCUT2D eigenvalue weighted by molar-refractivity contribution is 0.101. The lowest BCUT2D eigenvalue weighted by Crippen LogP contribution is -2.14. The molecular formula is C15H13NO4. The first-order chi connectivity index (χ1) is 9.50. The highest BCUT2D eigenvalue weighted by molar-refractivity contribution is 6.10. The van der Waals surface area contributed by atoms with Crippen LogP contribution in [0.1, 0.15) is 27.6 Å². The molecule has 1 amide bonds. The Balaban J connectivity index is 2.33. The third-order valence-corrected chi connectivity index (χ3v) is 2.81. The molecule has 0 bridgehead atoms. The summed E-state index contributed by atoms with van der Waals surface area (Å²) >= 11 is 0. The second-order valence-corrected chi connectivity index (χ2v) is 4.23. The molecule has 5 nitrogen and oxygen atoms in total. The Morgan fingerprint density at radius 2 is 1.60 bits per heavy atom. The van der Waals surface area contributed by atoms with Gasteiger partial charge in [-0.25, -0.2) is 0 Å². The number of carbonyl (C=O) groups excluding carboxylic acids is 2. The Labute approximate surface area is 115 Å². The fourth-order valence-electron chi connectivity index (χ4n) is 1.80. The quantitative estimate of drug-likeness (QED) is 0.591. The van der Waals surface area contributed by atoms with Gasteiger partial charge in [0.25, 0.3) is 5.91 Å². The van der Waals surface area contributed by atoms with Crippen molar-refractivity contribution >= 4 is 17.4 Å². The summed E-state index contributed by atoms with van der Waals surface area (Å²) in [6.45, 7) is 1.40. The van der Waals surface area contributed by atoms with Gasteiger partial charge in [-0.15, -0.1) is 0 Å². The number of benzene rings is 2. The van der Waals surface area contributed by atoms with E-state index in [1.54, 1.807) is 24.3 Å². The van der Waals surface area contributed by atoms with E-state index >= 15 is 0 Å². The number of amides is 1. The molecule has 0 fully saturated rings. The molecule has 0 spiro atoms. The van der Waals surface area contributed by atoms with E-state index in [-0.39, 0.29) is 17.1 Å². The van der Waals surface area contributed by atoms with Gasteiger partial charge in [0.05, 0.1) is 11.3 Å². The number of aromatic hydroxyl groups is 2. The third kappa shape index (κ3) is 2.61. The maximum atomic E-state index is 12.1. The molecule has 0 aromatic heterocycles. The number of phenols is 2. The van der Waals surface area contributed by atoms with Crippen LogP contribution in [0.4, 0.5) is 5.69 Å². The molecule has 0 aliphatic heterocycles. The lowest BCUT2D eigenvalue weighted by Gasteiger charge is -2.10. The molecule has 0 heterocycles. The van der Waals surface area contributed by atoms with Crippen molar-refractivity contribution < 1.29 is 19.8 Å². The number of phenolic OH excluding ortho intramolecular Hbond substituents is 2. The molecule has 0 aliphatic rings. The Bertz CT molecular complexity index is 679. The zero-order valence-corrected chi connectivity index (χ0v) is 10.8. The molecule has 0 saturated heterocycles. The molecule has 2 aromatic carbocycles. The number of hydrogen-bond acceptors (Lipinski definition) is 4. The van der Waals surface area contributed by atoms with Gasteiger partial charge in [-0.1, -0.05) is 18.2 Å². The van der Waals surface area contributed by atoms with Crippen molar-refractivity contribution in [3.05, 3.63) is 53.6 Å². The topological polar surface area (TPSA) is 86.6 Å². The molecule has 3 N–H and O–H groups in total. The highest BCUT2D eigenvalue weighted by atomic mass is 16.3. The summed E-state index contributed by atoms with van der Waals surface area (Å²) in [7, 11) is 0. The van der Waals surface area contributed by atoms with Crippen LogP contribution < -0.4 is 5.32 Å². The Morgan fingerprint density at radius 3 is 2.30 bits per heavy atom. The minimum absolute atomic E-state index is 0.0663. The second kappa shape index (κ2) is 5.44. The van der Waals surface area contributed by atoms with Gasteiger partial charge < -0.3 is 15.5 Å². The van der Waals surface area contributed by atoms with Crippen LogP contribution in [0.2, 0.25) is 0 Å². The molecule has 0 saturated carbocycles. The number of rotatable bonds is 3. The zero-order valence-electron chi connectivity index (χ0n) is 10.8. The van der Waals surface area contributed by atoms with Crippen molar-refractivity contribution in [2.24, 2.45) is 0 Å². The summed E-state index contributed by atoms with van der Waals surface area (Å²) < 4.78 is 0. The van der Waals surface area contributed by atoms with Crippen LogP contribution in [-0.4, -0.2) is 21.9 Å². The minimum atomic E-state index is -0.605. The molecule has 0 aliphatic carbocycles. The average molecular weight is 271 g/mol. The highest BCUT2D eigenvalue weighted by Gasteiger charge is 2.16. The summed E-state index contributed by atoms with van der Waals surface area (Å²) in [6, 6.07) is 10.7. The van der Waals surface area contributed by atoms with Crippen molar-refractivity contribution in [3.63, 3.8) is 0 Å². The standard InChI is InChI=1S/C15H13NO4/c1-9(17)10-5-2-3-7-12(10)16-15(20)11-6-4-8-13(18)14(11)19/h2-8,18-19H,1H3,(H,16,20). The van der Waals surface area contributed by atoms with Crippen molar-refractivity contribution in [1.82, 2.24) is 0 Å². The van der Waals surface area contributed by atoms with Crippen molar-refractivity contribution in [3.8, 4) is 11.5 Å². The van der Waals surface area contributed by atoms with E-state index in [2.05, 4.69) is 5.32 Å². The molecule has 0 atom stereocenters. The highest BCUT2D eigenvalue weighted by Crippen LogP contribution is 2.29. The van der Waals surface area contributed by atoms with Gasteiger partial charge in [0.2, 0.25) is 0 Å². The van der Waals surface area contributed by atoms with Crippen LogP contribution in [0.15, 0.2) is 42.5 Å². The normalized spacial score (nSPS) is 10.1. The first-order valence-electron chi connectivity index (χ1n) is 5.93. The van der Waals surface area contributed by atoms with E-state index < -0.39 is 11.7 Å². The van der Waals surface area contributed by atoms with Gasteiger partial charge in [0.15, 0.2) is 17.3 Å². The fraction of sp³-hybridized carbons (Fsp3) is 0.0667. The van der Waals surface area contributed by atoms with E-state index in [4.69, 9.17) is 0 Å².